The third-order valence-electron chi connectivity index (χ3n) is 0.372. The molecule has 0 aliphatic carbocycles. The van der Waals surface area contributed by atoms with Crippen molar-refractivity contribution in [1.82, 2.24) is 0 Å². The van der Waals surface area contributed by atoms with E-state index in [1.54, 1.807) is 0 Å². The smallest absolute Gasteiger partial charge is 0.415 e. The van der Waals surface area contributed by atoms with Crippen molar-refractivity contribution in [2.75, 3.05) is 6.54 Å². The molecule has 4 nitrogen and oxygen atoms in total. The van der Waals surface area contributed by atoms with Gasteiger partial charge < -0.3 is 72.6 Å². The molecule has 0 saturated heterocycles. The van der Waals surface area contributed by atoms with Crippen LogP contribution >= 0.6 is 24.4 Å². The van der Waals surface area contributed by atoms with Crippen molar-refractivity contribution in [3.63, 3.8) is 0 Å². The number of rotatable bonds is 1. The molecule has 14 heavy (non-hydrogen) atoms. The van der Waals surface area contributed by atoms with E-state index < -0.39 is 0 Å². The predicted octanol–water partition coefficient (Wildman–Crippen LogP) is -1.16. The van der Waals surface area contributed by atoms with Gasteiger partial charge in [0.25, 0.3) is 0 Å². The van der Waals surface area contributed by atoms with Crippen molar-refractivity contribution >= 4 is 58.3 Å². The van der Waals surface area contributed by atoms with Gasteiger partial charge in [-0.2, -0.15) is 0 Å². The molecule has 0 spiro atoms. The molecule has 0 aliphatic rings. The maximum atomic E-state index is 5.17. The van der Waals surface area contributed by atoms with E-state index in [9.17, 15) is 0 Å². The topological polar surface area (TPSA) is 104 Å². The van der Waals surface area contributed by atoms with Gasteiger partial charge in [-0.1, -0.05) is 8.64 Å². The van der Waals surface area contributed by atoms with Gasteiger partial charge in [-0.3, -0.25) is 0 Å². The van der Waals surface area contributed by atoms with Crippen molar-refractivity contribution in [2.45, 2.75) is 13.0 Å². The molecule has 1 atom stereocenters. The first-order valence-electron chi connectivity index (χ1n) is 3.12. The van der Waals surface area contributed by atoms with Crippen molar-refractivity contribution in [3.05, 3.63) is 0 Å². The molecule has 0 radical (unpaired) electrons. The Balaban J connectivity index is -0.0000000522. The van der Waals surface area contributed by atoms with Crippen LogP contribution in [0.5, 0.6) is 0 Å². The Kier molecular flexibility index (Phi) is 33.4. The Morgan fingerprint density at radius 1 is 1.21 bits per heavy atom. The molecular formula is C5H14N4S4Zn. The number of hydrogen-bond donors (Lipinski definition) is 4. The van der Waals surface area contributed by atoms with Crippen LogP contribution in [0, 0.1) is 0 Å². The summed E-state index contributed by atoms with van der Waals surface area (Å²) in [6.07, 6.45) is 0. The van der Waals surface area contributed by atoms with E-state index in [1.807, 2.05) is 6.92 Å². The fourth-order valence-corrected chi connectivity index (χ4v) is 0. The van der Waals surface area contributed by atoms with Gasteiger partial charge in [-0.25, -0.2) is 0 Å². The van der Waals surface area contributed by atoms with Crippen molar-refractivity contribution in [3.8, 4) is 0 Å². The van der Waals surface area contributed by atoms with Gasteiger partial charge in [-0.15, -0.1) is 0 Å². The molecular weight excluding hydrogens is 310 g/mol. The molecule has 80 valence electrons. The standard InChI is InChI=1S/C3H10N2.2CH3NS2.Zn/c1-3(5)2-4;2*2-1(3)4;/h3H,2,4-5H2,1H3;2*(H3,2,3,4);/q;;;+2/p-2. The monoisotopic (exact) mass is 322 g/mol. The van der Waals surface area contributed by atoms with Crippen LogP contribution in [0.2, 0.25) is 0 Å². The third-order valence-corrected chi connectivity index (χ3v) is 0.372. The van der Waals surface area contributed by atoms with E-state index in [0.29, 0.717) is 6.54 Å². The molecule has 1 unspecified atom stereocenters. The van der Waals surface area contributed by atoms with Gasteiger partial charge in [-0.05, 0) is 6.92 Å². The second-order valence-electron chi connectivity index (χ2n) is 1.85. The fourth-order valence-electron chi connectivity index (χ4n) is 0. The zero-order chi connectivity index (χ0) is 11.4. The van der Waals surface area contributed by atoms with Gasteiger partial charge in [0.05, 0.1) is 0 Å². The van der Waals surface area contributed by atoms with E-state index in [0.717, 1.165) is 0 Å². The van der Waals surface area contributed by atoms with Gasteiger partial charge in [0, 0.05) is 12.6 Å². The number of hydrogen-bond acceptors (Lipinski definition) is 6. The van der Waals surface area contributed by atoms with Gasteiger partial charge in [0.15, 0.2) is 0 Å². The minimum absolute atomic E-state index is 0. The van der Waals surface area contributed by atoms with Crippen LogP contribution in [0.1, 0.15) is 6.92 Å². The molecule has 0 aromatic rings. The molecule has 0 saturated carbocycles. The SMILES string of the molecule is CC(N)CN.NC(=S)[S-].NC(=S)[S-].[Zn+2]. The summed E-state index contributed by atoms with van der Waals surface area (Å²) < 4.78 is 0.167. The minimum atomic E-state index is 0. The predicted molar refractivity (Wildman–Crippen MR) is 71.0 cm³/mol. The van der Waals surface area contributed by atoms with Crippen LogP contribution in [-0.2, 0) is 44.7 Å². The normalized spacial score (nSPS) is 8.79. The first kappa shape index (κ1) is 24.1. The third kappa shape index (κ3) is 231. The van der Waals surface area contributed by atoms with E-state index in [1.165, 1.54) is 0 Å². The molecule has 0 aliphatic heterocycles. The average Bonchev–Trinajstić information content (AvgIpc) is 1.84. The van der Waals surface area contributed by atoms with Crippen LogP contribution in [0.4, 0.5) is 0 Å². The van der Waals surface area contributed by atoms with E-state index >= 15 is 0 Å². The molecule has 0 amide bonds. The number of thiocarbonyl (C=S) groups is 2. The first-order valence-corrected chi connectivity index (χ1v) is 4.75. The van der Waals surface area contributed by atoms with Crippen LogP contribution in [0.25, 0.3) is 0 Å². The first-order chi connectivity index (χ1) is 5.73. The van der Waals surface area contributed by atoms with Gasteiger partial charge >= 0.3 is 19.5 Å². The van der Waals surface area contributed by atoms with E-state index in [2.05, 4.69) is 61.2 Å². The molecule has 0 rings (SSSR count). The second-order valence-corrected chi connectivity index (χ2v) is 4.13. The summed E-state index contributed by atoms with van der Waals surface area (Å²) in [5.74, 6) is 0. The summed E-state index contributed by atoms with van der Waals surface area (Å²) in [4.78, 5) is 0. The Labute approximate surface area is 119 Å². The summed E-state index contributed by atoms with van der Waals surface area (Å²) in [5.41, 5.74) is 19.5. The van der Waals surface area contributed by atoms with Crippen LogP contribution in [0.15, 0.2) is 0 Å². The van der Waals surface area contributed by atoms with Crippen molar-refractivity contribution in [2.24, 2.45) is 22.9 Å². The number of nitrogens with two attached hydrogens (primary N) is 4. The summed E-state index contributed by atoms with van der Waals surface area (Å²) in [5, 5.41) is 0. The minimum Gasteiger partial charge on any atom is -0.415 e. The Hall–Kier alpha value is 0.763. The molecule has 0 aromatic heterocycles. The molecule has 9 heteroatoms. The molecule has 0 bridgehead atoms. The zero-order valence-corrected chi connectivity index (χ0v) is 14.2. The Bertz CT molecular complexity index is 124. The molecule has 0 fully saturated rings. The summed E-state index contributed by atoms with van der Waals surface area (Å²) in [6.45, 7) is 2.46. The Morgan fingerprint density at radius 3 is 1.29 bits per heavy atom. The maximum Gasteiger partial charge on any atom is 2.00 e. The summed E-state index contributed by atoms with van der Waals surface area (Å²) in [7, 11) is 0. The van der Waals surface area contributed by atoms with Crippen molar-refractivity contribution in [1.29, 1.82) is 0 Å². The molecule has 0 aromatic carbocycles. The largest absolute Gasteiger partial charge is 2.00 e. The molecule has 8 N–H and O–H groups in total. The Morgan fingerprint density at radius 2 is 1.29 bits per heavy atom. The van der Waals surface area contributed by atoms with Crippen LogP contribution in [-0.4, -0.2) is 21.2 Å². The average molecular weight is 324 g/mol. The van der Waals surface area contributed by atoms with Gasteiger partial charge in [0.2, 0.25) is 0 Å². The van der Waals surface area contributed by atoms with Crippen molar-refractivity contribution < 1.29 is 19.5 Å². The fraction of sp³-hybridized carbons (Fsp3) is 0.600. The summed E-state index contributed by atoms with van der Waals surface area (Å²) in [6, 6.07) is 0.162. The van der Waals surface area contributed by atoms with Gasteiger partial charge in [0.1, 0.15) is 0 Å². The van der Waals surface area contributed by atoms with Crippen LogP contribution < -0.4 is 22.9 Å². The zero-order valence-electron chi connectivity index (χ0n) is 7.93. The quantitative estimate of drug-likeness (QED) is 0.272. The molecule has 0 heterocycles. The van der Waals surface area contributed by atoms with E-state index in [4.69, 9.17) is 11.5 Å². The van der Waals surface area contributed by atoms with Crippen LogP contribution in [0.3, 0.4) is 0 Å². The second kappa shape index (κ2) is 19.4. The maximum absolute atomic E-state index is 5.17. The summed E-state index contributed by atoms with van der Waals surface area (Å²) >= 11 is 16.5. The van der Waals surface area contributed by atoms with E-state index in [-0.39, 0.29) is 34.2 Å².